The number of amides is 1. The quantitative estimate of drug-likeness (QED) is 0.836. The summed E-state index contributed by atoms with van der Waals surface area (Å²) in [5.74, 6) is -0.0556. The summed E-state index contributed by atoms with van der Waals surface area (Å²) >= 11 is 0. The molecule has 1 N–H and O–H groups in total. The lowest BCUT2D eigenvalue weighted by Crippen LogP contribution is -2.36. The number of carbonyl (C=O) groups excluding carboxylic acids is 1. The fraction of sp³-hybridized carbons (Fsp3) is 0.615. The minimum Gasteiger partial charge on any atom is -0.381 e. The summed E-state index contributed by atoms with van der Waals surface area (Å²) in [5.41, 5.74) is 0.509. The van der Waals surface area contributed by atoms with Crippen molar-refractivity contribution in [1.82, 2.24) is 14.7 Å². The molecule has 0 saturated heterocycles. The number of likely N-dealkylation sites (N-methyl/N-ethyl adjacent to an activating group) is 1. The first-order valence-corrected chi connectivity index (χ1v) is 6.73. The number of anilines is 1. The Kier molecular flexibility index (Phi) is 3.00. The van der Waals surface area contributed by atoms with Crippen LogP contribution in [0.3, 0.4) is 0 Å². The molecule has 1 amide bonds. The van der Waals surface area contributed by atoms with Crippen LogP contribution < -0.4 is 10.9 Å². The van der Waals surface area contributed by atoms with Crippen molar-refractivity contribution < 1.29 is 4.79 Å². The molecule has 0 bridgehead atoms. The van der Waals surface area contributed by atoms with Crippen LogP contribution >= 0.6 is 0 Å². The zero-order valence-corrected chi connectivity index (χ0v) is 11.0. The van der Waals surface area contributed by atoms with Gasteiger partial charge in [-0.25, -0.2) is 4.68 Å². The second-order valence-corrected chi connectivity index (χ2v) is 5.39. The Labute approximate surface area is 111 Å². The van der Waals surface area contributed by atoms with E-state index in [1.165, 1.54) is 10.7 Å². The Balaban J connectivity index is 1.66. The molecule has 0 unspecified atom stereocenters. The molecule has 1 heterocycles. The van der Waals surface area contributed by atoms with E-state index in [9.17, 15) is 9.59 Å². The Morgan fingerprint density at radius 2 is 2.21 bits per heavy atom. The van der Waals surface area contributed by atoms with Gasteiger partial charge >= 0.3 is 0 Å². The topological polar surface area (TPSA) is 67.2 Å². The summed E-state index contributed by atoms with van der Waals surface area (Å²) in [4.78, 5) is 25.5. The highest BCUT2D eigenvalue weighted by Crippen LogP contribution is 2.25. The molecule has 6 heteroatoms. The fourth-order valence-electron chi connectivity index (χ4n) is 2.00. The molecule has 2 fully saturated rings. The van der Waals surface area contributed by atoms with Crippen LogP contribution in [0, 0.1) is 0 Å². The van der Waals surface area contributed by atoms with E-state index in [0.29, 0.717) is 12.1 Å². The molecular weight excluding hydrogens is 244 g/mol. The van der Waals surface area contributed by atoms with Crippen molar-refractivity contribution in [2.45, 2.75) is 44.3 Å². The van der Waals surface area contributed by atoms with Crippen molar-refractivity contribution in [2.75, 3.05) is 12.4 Å². The molecular formula is C13H18N4O2. The third-order valence-electron chi connectivity index (χ3n) is 3.59. The van der Waals surface area contributed by atoms with Crippen molar-refractivity contribution in [3.05, 3.63) is 22.6 Å². The molecule has 6 nitrogen and oxygen atoms in total. The first-order valence-electron chi connectivity index (χ1n) is 6.73. The maximum atomic E-state index is 11.9. The SMILES string of the molecule is CN(C(=O)Cn1ncc(NC2CC2)cc1=O)C1CC1. The number of rotatable bonds is 5. The van der Waals surface area contributed by atoms with E-state index in [-0.39, 0.29) is 18.0 Å². The van der Waals surface area contributed by atoms with Crippen molar-refractivity contribution in [3.63, 3.8) is 0 Å². The van der Waals surface area contributed by atoms with Gasteiger partial charge in [-0.2, -0.15) is 5.10 Å². The third-order valence-corrected chi connectivity index (χ3v) is 3.59. The van der Waals surface area contributed by atoms with E-state index in [0.717, 1.165) is 31.4 Å². The summed E-state index contributed by atoms with van der Waals surface area (Å²) in [6.45, 7) is 0.0234. The average molecular weight is 262 g/mol. The third kappa shape index (κ3) is 2.94. The summed E-state index contributed by atoms with van der Waals surface area (Å²) in [6, 6.07) is 2.36. The Bertz CT molecular complexity index is 546. The Hall–Kier alpha value is -1.85. The monoisotopic (exact) mass is 262 g/mol. The van der Waals surface area contributed by atoms with Crippen LogP contribution in [0.5, 0.6) is 0 Å². The number of aromatic nitrogens is 2. The molecule has 1 aromatic rings. The Morgan fingerprint density at radius 3 is 2.79 bits per heavy atom. The van der Waals surface area contributed by atoms with Crippen LogP contribution in [0.1, 0.15) is 25.7 Å². The first-order chi connectivity index (χ1) is 9.13. The van der Waals surface area contributed by atoms with Gasteiger partial charge in [0, 0.05) is 25.2 Å². The van der Waals surface area contributed by atoms with Crippen LogP contribution in [-0.4, -0.2) is 39.7 Å². The highest BCUT2D eigenvalue weighted by Gasteiger charge is 2.29. The summed E-state index contributed by atoms with van der Waals surface area (Å²) in [6.07, 6.45) is 6.04. The van der Waals surface area contributed by atoms with Gasteiger partial charge in [0.15, 0.2) is 0 Å². The smallest absolute Gasteiger partial charge is 0.269 e. The molecule has 0 radical (unpaired) electrons. The summed E-state index contributed by atoms with van der Waals surface area (Å²) in [7, 11) is 1.79. The highest BCUT2D eigenvalue weighted by molar-refractivity contribution is 5.76. The molecule has 2 saturated carbocycles. The maximum Gasteiger partial charge on any atom is 0.269 e. The number of hydrogen-bond acceptors (Lipinski definition) is 4. The van der Waals surface area contributed by atoms with Crippen LogP contribution in [-0.2, 0) is 11.3 Å². The predicted molar refractivity (Wildman–Crippen MR) is 70.9 cm³/mol. The number of nitrogens with one attached hydrogen (secondary N) is 1. The highest BCUT2D eigenvalue weighted by atomic mass is 16.2. The molecule has 0 aromatic carbocycles. The van der Waals surface area contributed by atoms with Gasteiger partial charge in [0.2, 0.25) is 5.91 Å². The van der Waals surface area contributed by atoms with E-state index in [1.807, 2.05) is 0 Å². The predicted octanol–water partition coefficient (Wildman–Crippen LogP) is 0.438. The summed E-state index contributed by atoms with van der Waals surface area (Å²) in [5, 5.41) is 7.27. The van der Waals surface area contributed by atoms with Crippen LogP contribution in [0.4, 0.5) is 5.69 Å². The molecule has 0 atom stereocenters. The Morgan fingerprint density at radius 1 is 1.47 bits per heavy atom. The van der Waals surface area contributed by atoms with Gasteiger partial charge in [-0.05, 0) is 25.7 Å². The van der Waals surface area contributed by atoms with E-state index >= 15 is 0 Å². The van der Waals surface area contributed by atoms with Crippen LogP contribution in [0.25, 0.3) is 0 Å². The zero-order chi connectivity index (χ0) is 13.4. The van der Waals surface area contributed by atoms with E-state index < -0.39 is 0 Å². The number of carbonyl (C=O) groups is 1. The molecule has 102 valence electrons. The normalized spacial score (nSPS) is 18.2. The lowest BCUT2D eigenvalue weighted by Gasteiger charge is -2.16. The van der Waals surface area contributed by atoms with Crippen LogP contribution in [0.2, 0.25) is 0 Å². The van der Waals surface area contributed by atoms with Gasteiger partial charge in [0.05, 0.1) is 11.9 Å². The van der Waals surface area contributed by atoms with Gasteiger partial charge < -0.3 is 10.2 Å². The van der Waals surface area contributed by atoms with Gasteiger partial charge in [-0.3, -0.25) is 9.59 Å². The zero-order valence-electron chi connectivity index (χ0n) is 11.0. The van der Waals surface area contributed by atoms with Crippen molar-refractivity contribution >= 4 is 11.6 Å². The van der Waals surface area contributed by atoms with Crippen molar-refractivity contribution in [2.24, 2.45) is 0 Å². The molecule has 1 aromatic heterocycles. The van der Waals surface area contributed by atoms with Crippen LogP contribution in [0.15, 0.2) is 17.1 Å². The minimum absolute atomic E-state index is 0.0234. The lowest BCUT2D eigenvalue weighted by molar-refractivity contribution is -0.131. The second kappa shape index (κ2) is 4.68. The first kappa shape index (κ1) is 12.2. The van der Waals surface area contributed by atoms with E-state index in [4.69, 9.17) is 0 Å². The maximum absolute atomic E-state index is 11.9. The van der Waals surface area contributed by atoms with Gasteiger partial charge in [-0.1, -0.05) is 0 Å². The second-order valence-electron chi connectivity index (χ2n) is 5.39. The lowest BCUT2D eigenvalue weighted by atomic mass is 10.4. The standard InChI is InChI=1S/C13H18N4O2/c1-16(11-4-5-11)13(19)8-17-12(18)6-10(7-14-17)15-9-2-3-9/h6-7,9,11,15H,2-5,8H2,1H3. The minimum atomic E-state index is -0.233. The number of nitrogens with zero attached hydrogens (tertiary/aromatic N) is 3. The molecule has 2 aliphatic carbocycles. The average Bonchev–Trinajstić information content (AvgIpc) is 3.25. The van der Waals surface area contributed by atoms with E-state index in [2.05, 4.69) is 10.4 Å². The van der Waals surface area contributed by atoms with Gasteiger partial charge in [0.1, 0.15) is 6.54 Å². The van der Waals surface area contributed by atoms with Gasteiger partial charge in [-0.15, -0.1) is 0 Å². The molecule has 0 aliphatic heterocycles. The molecule has 19 heavy (non-hydrogen) atoms. The van der Waals surface area contributed by atoms with Crippen molar-refractivity contribution in [3.8, 4) is 0 Å². The van der Waals surface area contributed by atoms with Gasteiger partial charge in [0.25, 0.3) is 5.56 Å². The van der Waals surface area contributed by atoms with Crippen molar-refractivity contribution in [1.29, 1.82) is 0 Å². The summed E-state index contributed by atoms with van der Waals surface area (Å²) < 4.78 is 1.22. The molecule has 2 aliphatic rings. The fourth-order valence-corrected chi connectivity index (χ4v) is 2.00. The largest absolute Gasteiger partial charge is 0.381 e. The number of hydrogen-bond donors (Lipinski definition) is 1. The molecule has 3 rings (SSSR count). The van der Waals surface area contributed by atoms with E-state index in [1.54, 1.807) is 18.1 Å². The molecule has 0 spiro atoms.